The molecule has 5 nitrogen and oxygen atoms in total. The fourth-order valence-corrected chi connectivity index (χ4v) is 3.76. The Morgan fingerprint density at radius 3 is 2.79 bits per heavy atom. The van der Waals surface area contributed by atoms with Crippen molar-refractivity contribution < 1.29 is 8.42 Å². The number of fused-ring (bicyclic) bond motifs is 1. The van der Waals surface area contributed by atoms with Gasteiger partial charge in [-0.25, -0.2) is 0 Å². The molecular formula is C12H16ClN3O2S. The van der Waals surface area contributed by atoms with Crippen LogP contribution in [0.1, 0.15) is 12.0 Å². The van der Waals surface area contributed by atoms with Gasteiger partial charge in [0.15, 0.2) is 5.84 Å². The van der Waals surface area contributed by atoms with E-state index in [1.54, 1.807) is 12.1 Å². The second kappa shape index (κ2) is 5.11. The van der Waals surface area contributed by atoms with Gasteiger partial charge in [-0.3, -0.25) is 0 Å². The second-order valence-electron chi connectivity index (χ2n) is 4.72. The molecule has 1 saturated heterocycles. The Kier molecular flexibility index (Phi) is 3.85. The van der Waals surface area contributed by atoms with E-state index in [0.717, 1.165) is 25.1 Å². The maximum atomic E-state index is 11.9. The molecular weight excluding hydrogens is 286 g/mol. The van der Waals surface area contributed by atoms with E-state index >= 15 is 0 Å². The third-order valence-corrected chi connectivity index (χ3v) is 4.86. The molecule has 1 aromatic rings. The molecule has 0 aromatic heterocycles. The molecule has 0 bridgehead atoms. The minimum absolute atomic E-state index is 0. The number of likely N-dealkylation sites (tertiary alicyclic amines) is 1. The van der Waals surface area contributed by atoms with E-state index in [1.807, 2.05) is 17.0 Å². The first-order valence-electron chi connectivity index (χ1n) is 6.01. The molecule has 19 heavy (non-hydrogen) atoms. The zero-order chi connectivity index (χ0) is 12.8. The van der Waals surface area contributed by atoms with Crippen LogP contribution < -0.4 is 5.73 Å². The van der Waals surface area contributed by atoms with Gasteiger partial charge in [0.05, 0.1) is 0 Å². The van der Waals surface area contributed by atoms with E-state index in [4.69, 9.17) is 5.73 Å². The van der Waals surface area contributed by atoms with Crippen molar-refractivity contribution in [3.63, 3.8) is 0 Å². The Balaban J connectivity index is 0.00000133. The first-order valence-corrected chi connectivity index (χ1v) is 7.45. The average Bonchev–Trinajstić information content (AvgIpc) is 2.93. The molecule has 2 aliphatic heterocycles. The van der Waals surface area contributed by atoms with Gasteiger partial charge in [0.25, 0.3) is 10.0 Å². The summed E-state index contributed by atoms with van der Waals surface area (Å²) in [6.07, 6.45) is 0.998. The molecule has 0 radical (unpaired) electrons. The minimum atomic E-state index is -3.50. The standard InChI is InChI=1S/C12H15N3O2S.ClH/c13-7-9-5-6-15(8-9)12-10-3-1-2-4-11(10)18(16,17)14-12;/h1-4,9H,5-8,13H2;1H. The van der Waals surface area contributed by atoms with E-state index in [9.17, 15) is 8.42 Å². The molecule has 1 fully saturated rings. The van der Waals surface area contributed by atoms with E-state index < -0.39 is 10.0 Å². The van der Waals surface area contributed by atoms with Gasteiger partial charge in [-0.05, 0) is 31.0 Å². The molecule has 1 atom stereocenters. The molecule has 2 aliphatic rings. The second-order valence-corrected chi connectivity index (χ2v) is 6.30. The van der Waals surface area contributed by atoms with Crippen LogP contribution in [0.3, 0.4) is 0 Å². The highest BCUT2D eigenvalue weighted by atomic mass is 35.5. The smallest absolute Gasteiger partial charge is 0.285 e. The number of nitrogens with two attached hydrogens (primary N) is 1. The number of hydrogen-bond acceptors (Lipinski definition) is 4. The zero-order valence-electron chi connectivity index (χ0n) is 10.3. The van der Waals surface area contributed by atoms with Gasteiger partial charge >= 0.3 is 0 Å². The summed E-state index contributed by atoms with van der Waals surface area (Å²) in [5, 5.41) is 0. The lowest BCUT2D eigenvalue weighted by molar-refractivity contribution is 0.485. The maximum Gasteiger partial charge on any atom is 0.285 e. The molecule has 2 heterocycles. The molecule has 104 valence electrons. The molecule has 1 unspecified atom stereocenters. The van der Waals surface area contributed by atoms with Gasteiger partial charge in [0.1, 0.15) is 4.90 Å². The quantitative estimate of drug-likeness (QED) is 0.834. The summed E-state index contributed by atoms with van der Waals surface area (Å²) >= 11 is 0. The molecule has 1 aromatic carbocycles. The fourth-order valence-electron chi connectivity index (χ4n) is 2.53. The number of benzene rings is 1. The summed E-state index contributed by atoms with van der Waals surface area (Å²) < 4.78 is 27.8. The van der Waals surface area contributed by atoms with Crippen molar-refractivity contribution in [1.82, 2.24) is 4.90 Å². The Bertz CT molecular complexity index is 615. The summed E-state index contributed by atoms with van der Waals surface area (Å²) in [5.74, 6) is 1.02. The Hall–Kier alpha value is -1.11. The third kappa shape index (κ3) is 2.35. The number of rotatable bonds is 1. The Morgan fingerprint density at radius 1 is 1.37 bits per heavy atom. The number of hydrogen-bond donors (Lipinski definition) is 1. The van der Waals surface area contributed by atoms with Crippen LogP contribution in [0.4, 0.5) is 0 Å². The number of halogens is 1. The molecule has 7 heteroatoms. The van der Waals surface area contributed by atoms with Gasteiger partial charge in [-0.2, -0.15) is 8.42 Å². The highest BCUT2D eigenvalue weighted by Gasteiger charge is 2.34. The monoisotopic (exact) mass is 301 g/mol. The van der Waals surface area contributed by atoms with Crippen LogP contribution in [0.2, 0.25) is 0 Å². The Morgan fingerprint density at radius 2 is 2.11 bits per heavy atom. The van der Waals surface area contributed by atoms with Crippen LogP contribution in [0.15, 0.2) is 33.6 Å². The molecule has 2 N–H and O–H groups in total. The van der Waals surface area contributed by atoms with Crippen LogP contribution in [0.5, 0.6) is 0 Å². The Labute approximate surface area is 119 Å². The predicted octanol–water partition coefficient (Wildman–Crippen LogP) is 0.838. The van der Waals surface area contributed by atoms with Crippen molar-refractivity contribution in [2.45, 2.75) is 11.3 Å². The van der Waals surface area contributed by atoms with Crippen LogP contribution in [0, 0.1) is 5.92 Å². The molecule has 0 amide bonds. The van der Waals surface area contributed by atoms with E-state index in [2.05, 4.69) is 4.40 Å². The SMILES string of the molecule is Cl.NCC1CCN(C2=NS(=O)(=O)c3ccccc32)C1. The zero-order valence-corrected chi connectivity index (χ0v) is 12.0. The van der Waals surface area contributed by atoms with Crippen molar-refractivity contribution in [3.8, 4) is 0 Å². The lowest BCUT2D eigenvalue weighted by Crippen LogP contribution is -2.29. The third-order valence-electron chi connectivity index (χ3n) is 3.53. The van der Waals surface area contributed by atoms with Crippen molar-refractivity contribution in [3.05, 3.63) is 29.8 Å². The largest absolute Gasteiger partial charge is 0.355 e. The van der Waals surface area contributed by atoms with Crippen LogP contribution >= 0.6 is 12.4 Å². The number of sulfonamides is 1. The van der Waals surface area contributed by atoms with Gasteiger partial charge in [0.2, 0.25) is 0 Å². The van der Waals surface area contributed by atoms with Gasteiger partial charge in [-0.15, -0.1) is 16.8 Å². The molecule has 0 aliphatic carbocycles. The summed E-state index contributed by atoms with van der Waals surface area (Å²) in [5.41, 5.74) is 6.38. The maximum absolute atomic E-state index is 11.9. The van der Waals surface area contributed by atoms with Crippen molar-refractivity contribution in [2.24, 2.45) is 16.0 Å². The summed E-state index contributed by atoms with van der Waals surface area (Å²) in [4.78, 5) is 2.34. The van der Waals surface area contributed by atoms with E-state index in [-0.39, 0.29) is 12.4 Å². The molecule has 0 saturated carbocycles. The van der Waals surface area contributed by atoms with Gasteiger partial charge in [0, 0.05) is 18.7 Å². The van der Waals surface area contributed by atoms with Crippen LogP contribution in [-0.4, -0.2) is 38.8 Å². The van der Waals surface area contributed by atoms with E-state index in [0.29, 0.717) is 23.2 Å². The van der Waals surface area contributed by atoms with Crippen LogP contribution in [-0.2, 0) is 10.0 Å². The highest BCUT2D eigenvalue weighted by molar-refractivity contribution is 7.90. The lowest BCUT2D eigenvalue weighted by atomic mass is 10.1. The average molecular weight is 302 g/mol. The number of nitrogens with zero attached hydrogens (tertiary/aromatic N) is 2. The first-order chi connectivity index (χ1) is 8.62. The van der Waals surface area contributed by atoms with Crippen molar-refractivity contribution in [1.29, 1.82) is 0 Å². The topological polar surface area (TPSA) is 75.8 Å². The number of amidine groups is 1. The summed E-state index contributed by atoms with van der Waals surface area (Å²) in [6, 6.07) is 6.99. The highest BCUT2D eigenvalue weighted by Crippen LogP contribution is 2.29. The van der Waals surface area contributed by atoms with Gasteiger partial charge in [-0.1, -0.05) is 12.1 Å². The summed E-state index contributed by atoms with van der Waals surface area (Å²) in [7, 11) is -3.50. The fraction of sp³-hybridized carbons (Fsp3) is 0.417. The normalized spacial score (nSPS) is 23.7. The predicted molar refractivity (Wildman–Crippen MR) is 76.1 cm³/mol. The summed E-state index contributed by atoms with van der Waals surface area (Å²) in [6.45, 7) is 2.25. The van der Waals surface area contributed by atoms with E-state index in [1.165, 1.54) is 0 Å². The van der Waals surface area contributed by atoms with Crippen LogP contribution in [0.25, 0.3) is 0 Å². The van der Waals surface area contributed by atoms with Gasteiger partial charge < -0.3 is 10.6 Å². The first kappa shape index (κ1) is 14.3. The molecule has 3 rings (SSSR count). The lowest BCUT2D eigenvalue weighted by Gasteiger charge is -2.17. The minimum Gasteiger partial charge on any atom is -0.355 e. The van der Waals surface area contributed by atoms with Crippen molar-refractivity contribution in [2.75, 3.05) is 19.6 Å². The van der Waals surface area contributed by atoms with Crippen molar-refractivity contribution >= 4 is 28.3 Å². The molecule has 0 spiro atoms.